The van der Waals surface area contributed by atoms with E-state index in [1.54, 1.807) is 24.7 Å². The summed E-state index contributed by atoms with van der Waals surface area (Å²) in [5.74, 6) is 1.21. The fourth-order valence-electron chi connectivity index (χ4n) is 1.41. The standard InChI is InChI=1S/C13H14N4OS/c1-10-4-2-6-14-12(10)17-11(18)5-9-19-13-15-7-3-8-16-13/h2-4,6-8H,5,9H2,1H3,(H,14,17,18). The monoisotopic (exact) mass is 274 g/mol. The van der Waals surface area contributed by atoms with E-state index in [4.69, 9.17) is 0 Å². The van der Waals surface area contributed by atoms with Gasteiger partial charge in [0.25, 0.3) is 0 Å². The van der Waals surface area contributed by atoms with E-state index in [2.05, 4.69) is 20.3 Å². The Morgan fingerprint density at radius 1 is 1.21 bits per heavy atom. The minimum atomic E-state index is -0.0507. The Balaban J connectivity index is 1.78. The number of thioether (sulfide) groups is 1. The highest BCUT2D eigenvalue weighted by Crippen LogP contribution is 2.14. The van der Waals surface area contributed by atoms with E-state index in [0.29, 0.717) is 23.1 Å². The van der Waals surface area contributed by atoms with E-state index < -0.39 is 0 Å². The number of rotatable bonds is 5. The number of carbonyl (C=O) groups is 1. The summed E-state index contributed by atoms with van der Waals surface area (Å²) in [5.41, 5.74) is 0.954. The van der Waals surface area contributed by atoms with E-state index >= 15 is 0 Å². The van der Waals surface area contributed by atoms with Gasteiger partial charge in [-0.05, 0) is 24.6 Å². The third kappa shape index (κ3) is 4.33. The molecule has 2 rings (SSSR count). The Kier molecular flexibility index (Phi) is 4.85. The number of hydrogen-bond donors (Lipinski definition) is 1. The predicted molar refractivity (Wildman–Crippen MR) is 75.0 cm³/mol. The van der Waals surface area contributed by atoms with Gasteiger partial charge in [-0.3, -0.25) is 4.79 Å². The van der Waals surface area contributed by atoms with Crippen LogP contribution in [0.3, 0.4) is 0 Å². The Bertz CT molecular complexity index is 547. The molecule has 0 bridgehead atoms. The minimum Gasteiger partial charge on any atom is -0.310 e. The van der Waals surface area contributed by atoms with Gasteiger partial charge in [0, 0.05) is 30.8 Å². The van der Waals surface area contributed by atoms with Gasteiger partial charge in [0.2, 0.25) is 5.91 Å². The normalized spacial score (nSPS) is 10.2. The molecule has 0 radical (unpaired) electrons. The van der Waals surface area contributed by atoms with Gasteiger partial charge in [-0.2, -0.15) is 0 Å². The van der Waals surface area contributed by atoms with Crippen molar-refractivity contribution in [1.29, 1.82) is 0 Å². The zero-order chi connectivity index (χ0) is 13.5. The summed E-state index contributed by atoms with van der Waals surface area (Å²) in [7, 11) is 0. The van der Waals surface area contributed by atoms with Crippen LogP contribution in [0.1, 0.15) is 12.0 Å². The van der Waals surface area contributed by atoms with E-state index in [1.165, 1.54) is 11.8 Å². The van der Waals surface area contributed by atoms with E-state index in [1.807, 2.05) is 19.1 Å². The first-order chi connectivity index (χ1) is 9.25. The lowest BCUT2D eigenvalue weighted by molar-refractivity contribution is -0.115. The van der Waals surface area contributed by atoms with E-state index in [0.717, 1.165) is 5.56 Å². The lowest BCUT2D eigenvalue weighted by Gasteiger charge is -2.06. The molecule has 0 unspecified atom stereocenters. The molecule has 0 aliphatic heterocycles. The summed E-state index contributed by atoms with van der Waals surface area (Å²) < 4.78 is 0. The number of nitrogens with zero attached hydrogens (tertiary/aromatic N) is 3. The lowest BCUT2D eigenvalue weighted by Crippen LogP contribution is -2.14. The van der Waals surface area contributed by atoms with Gasteiger partial charge in [0.1, 0.15) is 5.82 Å². The molecule has 0 atom stereocenters. The van der Waals surface area contributed by atoms with Crippen molar-refractivity contribution in [3.8, 4) is 0 Å². The van der Waals surface area contributed by atoms with Crippen molar-refractivity contribution in [2.24, 2.45) is 0 Å². The maximum atomic E-state index is 11.7. The first-order valence-corrected chi connectivity index (χ1v) is 6.85. The van der Waals surface area contributed by atoms with Crippen LogP contribution in [0.15, 0.2) is 41.9 Å². The SMILES string of the molecule is Cc1cccnc1NC(=O)CCSc1ncccn1. The quantitative estimate of drug-likeness (QED) is 0.669. The number of pyridine rings is 1. The fourth-order valence-corrected chi connectivity index (χ4v) is 2.15. The summed E-state index contributed by atoms with van der Waals surface area (Å²) >= 11 is 1.46. The molecule has 0 saturated heterocycles. The van der Waals surface area contributed by atoms with Crippen molar-refractivity contribution in [1.82, 2.24) is 15.0 Å². The number of amides is 1. The lowest BCUT2D eigenvalue weighted by atomic mass is 10.3. The Morgan fingerprint density at radius 2 is 1.95 bits per heavy atom. The Morgan fingerprint density at radius 3 is 2.68 bits per heavy atom. The largest absolute Gasteiger partial charge is 0.310 e. The van der Waals surface area contributed by atoms with Crippen LogP contribution in [0.2, 0.25) is 0 Å². The molecule has 6 heteroatoms. The zero-order valence-corrected chi connectivity index (χ0v) is 11.4. The summed E-state index contributed by atoms with van der Waals surface area (Å²) in [4.78, 5) is 24.0. The summed E-state index contributed by atoms with van der Waals surface area (Å²) in [5, 5.41) is 3.48. The van der Waals surface area contributed by atoms with Gasteiger partial charge in [-0.1, -0.05) is 17.8 Å². The molecule has 0 aliphatic rings. The molecule has 1 amide bonds. The van der Waals surface area contributed by atoms with Crippen molar-refractivity contribution in [3.63, 3.8) is 0 Å². The average molecular weight is 274 g/mol. The molecular weight excluding hydrogens is 260 g/mol. The first kappa shape index (κ1) is 13.5. The van der Waals surface area contributed by atoms with Crippen molar-refractivity contribution in [2.45, 2.75) is 18.5 Å². The predicted octanol–water partition coefficient (Wildman–Crippen LogP) is 2.30. The molecule has 0 aromatic carbocycles. The second kappa shape index (κ2) is 6.84. The highest BCUT2D eigenvalue weighted by atomic mass is 32.2. The summed E-state index contributed by atoms with van der Waals surface area (Å²) in [6.45, 7) is 1.91. The maximum Gasteiger partial charge on any atom is 0.226 e. The molecule has 98 valence electrons. The van der Waals surface area contributed by atoms with Crippen LogP contribution in [0.5, 0.6) is 0 Å². The Labute approximate surface area is 115 Å². The van der Waals surface area contributed by atoms with Crippen LogP contribution < -0.4 is 5.32 Å². The molecule has 5 nitrogen and oxygen atoms in total. The third-order valence-corrected chi connectivity index (χ3v) is 3.25. The van der Waals surface area contributed by atoms with E-state index in [-0.39, 0.29) is 5.91 Å². The van der Waals surface area contributed by atoms with Crippen LogP contribution in [0.4, 0.5) is 5.82 Å². The van der Waals surface area contributed by atoms with Crippen molar-refractivity contribution >= 4 is 23.5 Å². The van der Waals surface area contributed by atoms with Crippen LogP contribution in [-0.2, 0) is 4.79 Å². The highest BCUT2D eigenvalue weighted by molar-refractivity contribution is 7.99. The molecule has 2 heterocycles. The second-order valence-corrected chi connectivity index (χ2v) is 4.91. The topological polar surface area (TPSA) is 67.8 Å². The zero-order valence-electron chi connectivity index (χ0n) is 10.5. The number of anilines is 1. The molecule has 0 spiro atoms. The summed E-state index contributed by atoms with van der Waals surface area (Å²) in [6.07, 6.45) is 5.44. The second-order valence-electron chi connectivity index (χ2n) is 3.85. The number of aromatic nitrogens is 3. The van der Waals surface area contributed by atoms with Gasteiger partial charge in [-0.25, -0.2) is 15.0 Å². The number of carbonyl (C=O) groups excluding carboxylic acids is 1. The average Bonchev–Trinajstić information content (AvgIpc) is 2.43. The van der Waals surface area contributed by atoms with Gasteiger partial charge in [-0.15, -0.1) is 0 Å². The highest BCUT2D eigenvalue weighted by Gasteiger charge is 2.06. The molecule has 0 aliphatic carbocycles. The van der Waals surface area contributed by atoms with Crippen molar-refractivity contribution in [2.75, 3.05) is 11.1 Å². The van der Waals surface area contributed by atoms with Crippen LogP contribution in [0.25, 0.3) is 0 Å². The van der Waals surface area contributed by atoms with Crippen LogP contribution in [0, 0.1) is 6.92 Å². The van der Waals surface area contributed by atoms with E-state index in [9.17, 15) is 4.79 Å². The van der Waals surface area contributed by atoms with Gasteiger partial charge in [0.05, 0.1) is 0 Å². The van der Waals surface area contributed by atoms with Gasteiger partial charge < -0.3 is 5.32 Å². The molecule has 2 aromatic heterocycles. The van der Waals surface area contributed by atoms with Gasteiger partial charge in [0.15, 0.2) is 5.16 Å². The number of nitrogens with one attached hydrogen (secondary N) is 1. The molecule has 0 saturated carbocycles. The van der Waals surface area contributed by atoms with Gasteiger partial charge >= 0.3 is 0 Å². The molecule has 19 heavy (non-hydrogen) atoms. The van der Waals surface area contributed by atoms with Crippen molar-refractivity contribution < 1.29 is 4.79 Å². The maximum absolute atomic E-state index is 11.7. The summed E-state index contributed by atoms with van der Waals surface area (Å²) in [6, 6.07) is 5.52. The van der Waals surface area contributed by atoms with Crippen LogP contribution >= 0.6 is 11.8 Å². The smallest absolute Gasteiger partial charge is 0.226 e. The number of hydrogen-bond acceptors (Lipinski definition) is 5. The van der Waals surface area contributed by atoms with Crippen LogP contribution in [-0.4, -0.2) is 26.6 Å². The molecule has 1 N–H and O–H groups in total. The molecule has 0 fully saturated rings. The Hall–Kier alpha value is -1.95. The van der Waals surface area contributed by atoms with Crippen molar-refractivity contribution in [3.05, 3.63) is 42.4 Å². The third-order valence-electron chi connectivity index (χ3n) is 2.37. The fraction of sp³-hybridized carbons (Fsp3) is 0.231. The minimum absolute atomic E-state index is 0.0507. The molecule has 2 aromatic rings. The first-order valence-electron chi connectivity index (χ1n) is 5.87. The molecular formula is C13H14N4OS. The number of aryl methyl sites for hydroxylation is 1.